The summed E-state index contributed by atoms with van der Waals surface area (Å²) in [6.45, 7) is 11.9. The van der Waals surface area contributed by atoms with E-state index in [0.29, 0.717) is 30.5 Å². The van der Waals surface area contributed by atoms with Gasteiger partial charge >= 0.3 is 0 Å². The van der Waals surface area contributed by atoms with Gasteiger partial charge in [0.2, 0.25) is 0 Å². The molecule has 1 saturated carbocycles. The average molecular weight is 362 g/mol. The molecule has 1 saturated heterocycles. The number of ketones is 1. The Morgan fingerprint density at radius 2 is 1.96 bits per heavy atom. The predicted molar refractivity (Wildman–Crippen MR) is 109 cm³/mol. The Balaban J connectivity index is 0.00000225. The second-order valence-electron chi connectivity index (χ2n) is 7.58. The van der Waals surface area contributed by atoms with Crippen LogP contribution in [-0.2, 0) is 4.79 Å². The number of hydrogen-bond donors (Lipinski definition) is 0. The van der Waals surface area contributed by atoms with Crippen molar-refractivity contribution in [1.29, 1.82) is 0 Å². The fourth-order valence-electron chi connectivity index (χ4n) is 4.34. The molecule has 27 heavy (non-hydrogen) atoms. The van der Waals surface area contributed by atoms with Crippen LogP contribution in [0.15, 0.2) is 48.4 Å². The quantitative estimate of drug-likeness (QED) is 0.757. The third kappa shape index (κ3) is 2.78. The van der Waals surface area contributed by atoms with Gasteiger partial charge in [-0.2, -0.15) is 0 Å². The smallest absolute Gasteiger partial charge is 0.260 e. The summed E-state index contributed by atoms with van der Waals surface area (Å²) in [5.41, 5.74) is 10.1. The van der Waals surface area contributed by atoms with Crippen molar-refractivity contribution in [3.63, 3.8) is 0 Å². The van der Waals surface area contributed by atoms with E-state index in [9.17, 15) is 9.59 Å². The maximum absolute atomic E-state index is 13.1. The van der Waals surface area contributed by atoms with Gasteiger partial charge in [0.25, 0.3) is 5.91 Å². The number of amides is 1. The zero-order valence-corrected chi connectivity index (χ0v) is 15.8. The van der Waals surface area contributed by atoms with Crippen LogP contribution in [0.25, 0.3) is 5.70 Å². The normalized spacial score (nSPS) is 22.5. The highest BCUT2D eigenvalue weighted by molar-refractivity contribution is 6.10. The number of carbonyl (C=O) groups excluding carboxylic acids is 2. The van der Waals surface area contributed by atoms with Gasteiger partial charge in [-0.25, -0.2) is 0 Å². The van der Waals surface area contributed by atoms with Gasteiger partial charge in [0, 0.05) is 44.2 Å². The zero-order valence-electron chi connectivity index (χ0n) is 15.8. The molecule has 4 heteroatoms. The van der Waals surface area contributed by atoms with Gasteiger partial charge in [-0.15, -0.1) is 11.5 Å². The number of anilines is 1. The molecule has 0 radical (unpaired) electrons. The summed E-state index contributed by atoms with van der Waals surface area (Å²) >= 11 is 0. The van der Waals surface area contributed by atoms with Crippen LogP contribution in [-0.4, -0.2) is 35.7 Å². The highest BCUT2D eigenvalue weighted by atomic mass is 16.2. The molecule has 0 N–H and O–H groups in total. The monoisotopic (exact) mass is 362 g/mol. The molecule has 2 aliphatic heterocycles. The Morgan fingerprint density at radius 3 is 2.63 bits per heavy atom. The molecule has 1 atom stereocenters. The fraction of sp³-hybridized carbons (Fsp3) is 0.391. The highest BCUT2D eigenvalue weighted by Gasteiger charge is 2.41. The fourth-order valence-corrected chi connectivity index (χ4v) is 4.34. The maximum Gasteiger partial charge on any atom is 0.260 e. The molecule has 1 unspecified atom stereocenters. The van der Waals surface area contributed by atoms with Gasteiger partial charge in [0.05, 0.1) is 17.3 Å². The summed E-state index contributed by atoms with van der Waals surface area (Å²) in [6.07, 6.45) is 2.58. The van der Waals surface area contributed by atoms with Crippen LogP contribution >= 0.6 is 0 Å². The van der Waals surface area contributed by atoms with E-state index in [4.69, 9.17) is 0 Å². The first kappa shape index (κ1) is 17.6. The molecule has 140 valence electrons. The van der Waals surface area contributed by atoms with Crippen LogP contribution < -0.4 is 4.90 Å². The van der Waals surface area contributed by atoms with E-state index in [1.165, 1.54) is 6.42 Å². The molecule has 3 aliphatic rings. The van der Waals surface area contributed by atoms with Gasteiger partial charge in [-0.3, -0.25) is 14.5 Å². The number of nitrogens with zero attached hydrogens (tertiary/aromatic N) is 2. The summed E-state index contributed by atoms with van der Waals surface area (Å²) in [5.74, 6) is 0.881. The van der Waals surface area contributed by atoms with Crippen LogP contribution in [0.2, 0.25) is 0 Å². The standard InChI is InChI=1S/C23H24N2O2.H2/c1-4-15-13-24(14-15)17-7-9-19-20(12-17)21(6-3)25(23(19)27)22-10-8-18(26)11-16(22)5-2;/h7,9,12,15,22H,2-4,8,10-11,13-14H2,1H3;1H. The average Bonchev–Trinajstić information content (AvgIpc) is 2.92. The van der Waals surface area contributed by atoms with Crippen molar-refractivity contribution in [1.82, 2.24) is 4.90 Å². The molecule has 0 spiro atoms. The van der Waals surface area contributed by atoms with Gasteiger partial charge in [-0.05, 0) is 37.0 Å². The first-order valence-corrected chi connectivity index (χ1v) is 9.60. The second kappa shape index (κ2) is 6.74. The lowest BCUT2D eigenvalue weighted by Crippen LogP contribution is -2.46. The number of rotatable bonds is 3. The Labute approximate surface area is 161 Å². The first-order chi connectivity index (χ1) is 13.1. The van der Waals surface area contributed by atoms with Crippen LogP contribution in [0.4, 0.5) is 5.69 Å². The van der Waals surface area contributed by atoms with E-state index in [0.717, 1.165) is 35.8 Å². The number of benzene rings is 1. The number of Topliss-reactive ketones (excluding diaryl/α,β-unsaturated/α-hetero) is 1. The molecule has 2 heterocycles. The molecule has 1 aliphatic carbocycles. The molecular formula is C23H26N2O2. The minimum atomic E-state index is -0.193. The van der Waals surface area contributed by atoms with Crippen LogP contribution in [0, 0.1) is 5.92 Å². The van der Waals surface area contributed by atoms with E-state index in [1.54, 1.807) is 4.90 Å². The van der Waals surface area contributed by atoms with Crippen LogP contribution in [0.1, 0.15) is 50.0 Å². The van der Waals surface area contributed by atoms with Gasteiger partial charge < -0.3 is 4.90 Å². The van der Waals surface area contributed by atoms with Crippen molar-refractivity contribution in [2.75, 3.05) is 18.0 Å². The lowest BCUT2D eigenvalue weighted by molar-refractivity contribution is -0.119. The third-order valence-corrected chi connectivity index (χ3v) is 6.04. The summed E-state index contributed by atoms with van der Waals surface area (Å²) < 4.78 is 0. The van der Waals surface area contributed by atoms with Crippen molar-refractivity contribution < 1.29 is 11.0 Å². The van der Waals surface area contributed by atoms with E-state index >= 15 is 0 Å². The predicted octanol–water partition coefficient (Wildman–Crippen LogP) is 4.19. The van der Waals surface area contributed by atoms with E-state index < -0.39 is 0 Å². The minimum absolute atomic E-state index is 0. The Kier molecular flexibility index (Phi) is 4.39. The van der Waals surface area contributed by atoms with Crippen molar-refractivity contribution in [2.45, 2.75) is 38.6 Å². The zero-order chi connectivity index (χ0) is 19.1. The summed E-state index contributed by atoms with van der Waals surface area (Å²) in [4.78, 5) is 29.1. The van der Waals surface area contributed by atoms with Gasteiger partial charge in [0.15, 0.2) is 0 Å². The largest absolute Gasteiger partial charge is 0.371 e. The highest BCUT2D eigenvalue weighted by Crippen LogP contribution is 2.41. The SMILES string of the molecule is C=C=C1CC(=O)CCC1N1C(=O)c2ccc(N3CC(CC)C3)cc2C1=C=C.[HH]. The summed E-state index contributed by atoms with van der Waals surface area (Å²) in [7, 11) is 0. The second-order valence-corrected chi connectivity index (χ2v) is 7.58. The first-order valence-electron chi connectivity index (χ1n) is 9.60. The molecule has 1 amide bonds. The van der Waals surface area contributed by atoms with Crippen molar-refractivity contribution in [3.05, 3.63) is 59.5 Å². The lowest BCUT2D eigenvalue weighted by atomic mass is 9.88. The molecule has 0 aromatic heterocycles. The van der Waals surface area contributed by atoms with E-state index in [2.05, 4.69) is 42.5 Å². The topological polar surface area (TPSA) is 40.6 Å². The Morgan fingerprint density at radius 1 is 1.19 bits per heavy atom. The Hall–Kier alpha value is -2.80. The van der Waals surface area contributed by atoms with Crippen molar-refractivity contribution in [3.8, 4) is 0 Å². The van der Waals surface area contributed by atoms with E-state index in [1.807, 2.05) is 12.1 Å². The van der Waals surface area contributed by atoms with E-state index in [-0.39, 0.29) is 19.2 Å². The van der Waals surface area contributed by atoms with Crippen LogP contribution in [0.3, 0.4) is 0 Å². The Bertz CT molecular complexity index is 932. The number of carbonyl (C=O) groups is 2. The lowest BCUT2D eigenvalue weighted by Gasteiger charge is -2.41. The van der Waals surface area contributed by atoms with Crippen LogP contribution in [0.5, 0.6) is 0 Å². The molecule has 2 fully saturated rings. The molecular weight excluding hydrogens is 336 g/mol. The number of fused-ring (bicyclic) bond motifs is 1. The van der Waals surface area contributed by atoms with Gasteiger partial charge in [-0.1, -0.05) is 20.1 Å². The summed E-state index contributed by atoms with van der Waals surface area (Å²) in [5, 5.41) is 0. The third-order valence-electron chi connectivity index (χ3n) is 6.04. The van der Waals surface area contributed by atoms with Gasteiger partial charge in [0.1, 0.15) is 5.78 Å². The molecule has 1 aromatic rings. The molecule has 4 nitrogen and oxygen atoms in total. The van der Waals surface area contributed by atoms with Crippen molar-refractivity contribution >= 4 is 23.1 Å². The maximum atomic E-state index is 13.1. The molecule has 4 rings (SSSR count). The number of hydrogen-bond acceptors (Lipinski definition) is 3. The minimum Gasteiger partial charge on any atom is -0.371 e. The molecule has 1 aromatic carbocycles. The summed E-state index contributed by atoms with van der Waals surface area (Å²) in [6, 6.07) is 5.83. The molecule has 0 bridgehead atoms. The van der Waals surface area contributed by atoms with Crippen molar-refractivity contribution in [2.24, 2.45) is 5.92 Å².